The van der Waals surface area contributed by atoms with Crippen molar-refractivity contribution in [1.82, 2.24) is 4.98 Å². The Bertz CT molecular complexity index is 2360. The van der Waals surface area contributed by atoms with Gasteiger partial charge in [-0.15, -0.1) is 0 Å². The van der Waals surface area contributed by atoms with E-state index in [1.54, 1.807) is 0 Å². The molecule has 0 saturated carbocycles. The Kier molecular flexibility index (Phi) is 5.51. The van der Waals surface area contributed by atoms with Gasteiger partial charge >= 0.3 is 0 Å². The first-order valence-electron chi connectivity index (χ1n) is 15.6. The number of benzene rings is 6. The van der Waals surface area contributed by atoms with Crippen LogP contribution in [-0.2, 0) is 5.41 Å². The van der Waals surface area contributed by atoms with Crippen LogP contribution in [-0.4, -0.2) is 4.98 Å². The number of nitrogens with two attached hydrogens (primary N) is 1. The summed E-state index contributed by atoms with van der Waals surface area (Å²) in [6.07, 6.45) is 5.84. The van der Waals surface area contributed by atoms with E-state index in [1.807, 2.05) is 31.2 Å². The van der Waals surface area contributed by atoms with Crippen molar-refractivity contribution >= 4 is 27.2 Å². The molecule has 2 heteroatoms. The lowest BCUT2D eigenvalue weighted by Crippen LogP contribution is -2.26. The molecule has 1 heterocycles. The lowest BCUT2D eigenvalue weighted by molar-refractivity contribution is 0.795. The fourth-order valence-corrected chi connectivity index (χ4v) is 8.00. The molecule has 7 aromatic rings. The average Bonchev–Trinajstić information content (AvgIpc) is 3.58. The largest absolute Gasteiger partial charge is 0.397 e. The number of nitrogens with zero attached hydrogens (tertiary/aromatic N) is 1. The third-order valence-electron chi connectivity index (χ3n) is 9.77. The highest BCUT2D eigenvalue weighted by Gasteiger charge is 2.52. The summed E-state index contributed by atoms with van der Waals surface area (Å²) in [4.78, 5) is 5.15. The topological polar surface area (TPSA) is 38.9 Å². The maximum absolute atomic E-state index is 6.49. The Hall–Kier alpha value is -5.73. The van der Waals surface area contributed by atoms with Crippen molar-refractivity contribution in [2.24, 2.45) is 5.73 Å². The zero-order valence-corrected chi connectivity index (χ0v) is 25.0. The molecule has 212 valence electrons. The quantitative estimate of drug-likeness (QED) is 0.213. The van der Waals surface area contributed by atoms with Crippen LogP contribution < -0.4 is 5.73 Å². The van der Waals surface area contributed by atoms with E-state index in [2.05, 4.69) is 127 Å². The second-order valence-electron chi connectivity index (χ2n) is 12.0. The summed E-state index contributed by atoms with van der Waals surface area (Å²) in [6.45, 7) is 1.99. The van der Waals surface area contributed by atoms with Gasteiger partial charge in [-0.25, -0.2) is 4.98 Å². The summed E-state index contributed by atoms with van der Waals surface area (Å²) >= 11 is 0. The van der Waals surface area contributed by atoms with Crippen LogP contribution in [0.2, 0.25) is 0 Å². The van der Waals surface area contributed by atoms with Gasteiger partial charge in [-0.1, -0.05) is 127 Å². The van der Waals surface area contributed by atoms with E-state index in [1.165, 1.54) is 66.1 Å². The van der Waals surface area contributed by atoms with Crippen LogP contribution in [0.1, 0.15) is 34.9 Å². The van der Waals surface area contributed by atoms with Crippen LogP contribution in [0.25, 0.3) is 60.8 Å². The van der Waals surface area contributed by atoms with Crippen LogP contribution in [0.15, 0.2) is 152 Å². The van der Waals surface area contributed by atoms with Gasteiger partial charge in [0.05, 0.1) is 22.5 Å². The molecule has 0 atom stereocenters. The van der Waals surface area contributed by atoms with E-state index in [-0.39, 0.29) is 0 Å². The fourth-order valence-electron chi connectivity index (χ4n) is 8.00. The van der Waals surface area contributed by atoms with Gasteiger partial charge < -0.3 is 5.73 Å². The van der Waals surface area contributed by atoms with Gasteiger partial charge in [0.25, 0.3) is 0 Å². The number of aromatic nitrogens is 1. The van der Waals surface area contributed by atoms with Crippen molar-refractivity contribution in [2.75, 3.05) is 0 Å². The standard InChI is InChI=1S/C43H30N2/c1-2-3-21-38(44)40-23-12-22-39(45-40)33-26-37-42(32-18-7-6-15-29(32)33)41-28-14-5-4-13-27(28)24-25-36(41)43(37)34-19-10-8-16-30(34)31-17-9-11-20-35(31)43/h2-26H,44H2,1H3/b3-2-,38-21-. The predicted molar refractivity (Wildman–Crippen MR) is 188 cm³/mol. The van der Waals surface area contributed by atoms with Gasteiger partial charge in [0.1, 0.15) is 0 Å². The zero-order valence-electron chi connectivity index (χ0n) is 25.0. The number of allylic oxidation sites excluding steroid dienone is 3. The predicted octanol–water partition coefficient (Wildman–Crippen LogP) is 10.3. The molecule has 0 fully saturated rings. The molecule has 0 radical (unpaired) electrons. The number of hydrogen-bond acceptors (Lipinski definition) is 2. The first kappa shape index (κ1) is 25.7. The molecule has 0 saturated heterocycles. The van der Waals surface area contributed by atoms with E-state index in [4.69, 9.17) is 10.7 Å². The number of fused-ring (bicyclic) bond motifs is 14. The van der Waals surface area contributed by atoms with Gasteiger partial charge in [-0.2, -0.15) is 0 Å². The molecule has 0 amide bonds. The summed E-state index contributed by atoms with van der Waals surface area (Å²) in [5, 5.41) is 4.97. The summed E-state index contributed by atoms with van der Waals surface area (Å²) in [6, 6.07) is 48.9. The molecular weight excluding hydrogens is 544 g/mol. The molecule has 1 aromatic heterocycles. The van der Waals surface area contributed by atoms with Crippen molar-refractivity contribution in [3.05, 3.63) is 180 Å². The highest BCUT2D eigenvalue weighted by molar-refractivity contribution is 6.16. The monoisotopic (exact) mass is 574 g/mol. The van der Waals surface area contributed by atoms with Gasteiger partial charge in [0.15, 0.2) is 0 Å². The molecule has 0 bridgehead atoms. The molecule has 1 spiro atoms. The maximum Gasteiger partial charge on any atom is 0.0866 e. The molecule has 9 rings (SSSR count). The molecule has 2 nitrogen and oxygen atoms in total. The third-order valence-corrected chi connectivity index (χ3v) is 9.77. The van der Waals surface area contributed by atoms with Crippen molar-refractivity contribution in [2.45, 2.75) is 12.3 Å². The van der Waals surface area contributed by atoms with E-state index in [0.717, 1.165) is 17.0 Å². The summed E-state index contributed by atoms with van der Waals surface area (Å²) < 4.78 is 0. The first-order chi connectivity index (χ1) is 22.2. The minimum absolute atomic E-state index is 0.455. The minimum Gasteiger partial charge on any atom is -0.397 e. The van der Waals surface area contributed by atoms with Crippen molar-refractivity contribution < 1.29 is 0 Å². The van der Waals surface area contributed by atoms with Gasteiger partial charge in [-0.05, 0) is 97.3 Å². The van der Waals surface area contributed by atoms with Gasteiger partial charge in [0, 0.05) is 5.56 Å². The summed E-state index contributed by atoms with van der Waals surface area (Å²) in [7, 11) is 0. The Morgan fingerprint density at radius 2 is 1.22 bits per heavy atom. The van der Waals surface area contributed by atoms with Gasteiger partial charge in [0.2, 0.25) is 0 Å². The Balaban J connectivity index is 1.46. The Morgan fingerprint density at radius 3 is 1.98 bits per heavy atom. The lowest BCUT2D eigenvalue weighted by Gasteiger charge is -2.31. The summed E-state index contributed by atoms with van der Waals surface area (Å²) in [5.41, 5.74) is 20.1. The normalized spacial score (nSPS) is 14.2. The second-order valence-corrected chi connectivity index (χ2v) is 12.0. The first-order valence-corrected chi connectivity index (χ1v) is 15.6. The average molecular weight is 575 g/mol. The van der Waals surface area contributed by atoms with Crippen LogP contribution in [0.3, 0.4) is 0 Å². The SMILES string of the molecule is C/C=C\C=C(/N)c1cccc(-c2cc3c(c4ccccc24)-c2c(ccc4ccccc24)C32c3ccccc3-c3ccccc32)n1. The molecule has 2 aliphatic carbocycles. The van der Waals surface area contributed by atoms with Crippen LogP contribution in [0.4, 0.5) is 0 Å². The maximum atomic E-state index is 6.49. The molecule has 45 heavy (non-hydrogen) atoms. The van der Waals surface area contributed by atoms with Crippen molar-refractivity contribution in [3.8, 4) is 33.5 Å². The fraction of sp³-hybridized carbons (Fsp3) is 0.0465. The molecule has 0 aliphatic heterocycles. The Labute approximate surface area is 262 Å². The molecule has 2 aliphatic rings. The third kappa shape index (κ3) is 3.42. The van der Waals surface area contributed by atoms with E-state index >= 15 is 0 Å². The molecule has 0 unspecified atom stereocenters. The lowest BCUT2D eigenvalue weighted by atomic mass is 9.70. The summed E-state index contributed by atoms with van der Waals surface area (Å²) in [5.74, 6) is 0. The van der Waals surface area contributed by atoms with E-state index in [0.29, 0.717) is 5.70 Å². The zero-order chi connectivity index (χ0) is 30.1. The molecular formula is C43H30N2. The highest BCUT2D eigenvalue weighted by atomic mass is 14.8. The van der Waals surface area contributed by atoms with Crippen LogP contribution >= 0.6 is 0 Å². The number of hydrogen-bond donors (Lipinski definition) is 1. The minimum atomic E-state index is -0.455. The number of pyridine rings is 1. The Morgan fingerprint density at radius 1 is 0.578 bits per heavy atom. The smallest absolute Gasteiger partial charge is 0.0866 e. The van der Waals surface area contributed by atoms with Crippen LogP contribution in [0, 0.1) is 0 Å². The highest BCUT2D eigenvalue weighted by Crippen LogP contribution is 2.65. The molecule has 2 N–H and O–H groups in total. The van der Waals surface area contributed by atoms with E-state index in [9.17, 15) is 0 Å². The second kappa shape index (κ2) is 9.64. The van der Waals surface area contributed by atoms with E-state index < -0.39 is 5.41 Å². The number of rotatable bonds is 3. The van der Waals surface area contributed by atoms with Gasteiger partial charge in [-0.3, -0.25) is 0 Å². The van der Waals surface area contributed by atoms with Crippen LogP contribution in [0.5, 0.6) is 0 Å². The molecule has 6 aromatic carbocycles. The van der Waals surface area contributed by atoms with Crippen molar-refractivity contribution in [3.63, 3.8) is 0 Å². The van der Waals surface area contributed by atoms with Crippen molar-refractivity contribution in [1.29, 1.82) is 0 Å².